The number of rotatable bonds is 4. The van der Waals surface area contributed by atoms with Crippen molar-refractivity contribution < 1.29 is 9.90 Å². The molecule has 0 radical (unpaired) electrons. The van der Waals surface area contributed by atoms with Gasteiger partial charge in [-0.05, 0) is 38.3 Å². The zero-order valence-corrected chi connectivity index (χ0v) is 14.0. The van der Waals surface area contributed by atoms with Crippen LogP contribution < -0.4 is 10.2 Å². The van der Waals surface area contributed by atoms with Crippen molar-refractivity contribution >= 4 is 23.3 Å². The molecule has 6 nitrogen and oxygen atoms in total. The Balaban J connectivity index is 1.77. The summed E-state index contributed by atoms with van der Waals surface area (Å²) < 4.78 is 0. The van der Waals surface area contributed by atoms with Crippen molar-refractivity contribution in [2.75, 3.05) is 23.3 Å². The summed E-state index contributed by atoms with van der Waals surface area (Å²) in [6, 6.07) is 9.99. The first-order valence-electron chi connectivity index (χ1n) is 8.19. The van der Waals surface area contributed by atoms with Gasteiger partial charge in [0, 0.05) is 24.8 Å². The molecule has 1 aliphatic rings. The number of hydrogen-bond acceptors (Lipinski definition) is 5. The van der Waals surface area contributed by atoms with E-state index >= 15 is 0 Å². The van der Waals surface area contributed by atoms with Crippen LogP contribution in [0, 0.1) is 19.8 Å². The summed E-state index contributed by atoms with van der Waals surface area (Å²) in [5.41, 5.74) is 2.17. The number of para-hydroxylation sites is 1. The van der Waals surface area contributed by atoms with Crippen LogP contribution in [0.1, 0.15) is 24.2 Å². The zero-order chi connectivity index (χ0) is 17.1. The third kappa shape index (κ3) is 3.64. The molecule has 2 aromatic rings. The maximum atomic E-state index is 11.1. The predicted octanol–water partition coefficient (Wildman–Crippen LogP) is 3.14. The minimum Gasteiger partial charge on any atom is -0.481 e. The van der Waals surface area contributed by atoms with Gasteiger partial charge in [-0.25, -0.2) is 9.97 Å². The molecule has 2 heterocycles. The van der Waals surface area contributed by atoms with E-state index in [-0.39, 0.29) is 5.92 Å². The lowest BCUT2D eigenvalue weighted by molar-refractivity contribution is -0.142. The van der Waals surface area contributed by atoms with Crippen molar-refractivity contribution in [2.45, 2.75) is 26.7 Å². The number of nitrogens with one attached hydrogen (secondary N) is 1. The summed E-state index contributed by atoms with van der Waals surface area (Å²) in [5, 5.41) is 12.5. The van der Waals surface area contributed by atoms with Crippen LogP contribution in [-0.4, -0.2) is 34.1 Å². The molecule has 1 aliphatic heterocycles. The van der Waals surface area contributed by atoms with Crippen molar-refractivity contribution in [3.63, 3.8) is 0 Å². The number of nitrogens with zero attached hydrogens (tertiary/aromatic N) is 3. The van der Waals surface area contributed by atoms with Gasteiger partial charge in [-0.3, -0.25) is 4.79 Å². The first-order valence-corrected chi connectivity index (χ1v) is 8.19. The number of carboxylic acid groups (broad SMARTS) is 1. The van der Waals surface area contributed by atoms with Crippen LogP contribution in [0.15, 0.2) is 30.3 Å². The lowest BCUT2D eigenvalue weighted by Gasteiger charge is -2.31. The molecule has 1 aromatic carbocycles. The molecule has 0 unspecified atom stereocenters. The molecular formula is C18H22N4O2. The second kappa shape index (κ2) is 6.86. The Kier molecular flexibility index (Phi) is 4.64. The molecule has 126 valence electrons. The number of aliphatic carboxylic acids is 1. The van der Waals surface area contributed by atoms with E-state index in [1.807, 2.05) is 44.2 Å². The summed E-state index contributed by atoms with van der Waals surface area (Å²) in [6.07, 6.45) is 1.30. The Morgan fingerprint density at radius 1 is 1.21 bits per heavy atom. The number of piperidine rings is 1. The molecule has 0 saturated carbocycles. The molecule has 1 aromatic heterocycles. The zero-order valence-electron chi connectivity index (χ0n) is 14.0. The molecule has 0 bridgehead atoms. The molecule has 1 fully saturated rings. The average molecular weight is 326 g/mol. The highest BCUT2D eigenvalue weighted by Gasteiger charge is 2.25. The van der Waals surface area contributed by atoms with E-state index < -0.39 is 5.97 Å². The Labute approximate surface area is 141 Å². The number of aromatic nitrogens is 2. The van der Waals surface area contributed by atoms with Crippen LogP contribution in [0.25, 0.3) is 0 Å². The molecule has 0 aliphatic carbocycles. The first kappa shape index (κ1) is 16.2. The van der Waals surface area contributed by atoms with E-state index in [1.165, 1.54) is 0 Å². The molecule has 24 heavy (non-hydrogen) atoms. The van der Waals surface area contributed by atoms with Crippen molar-refractivity contribution in [3.05, 3.63) is 41.7 Å². The number of anilines is 3. The highest BCUT2D eigenvalue weighted by Crippen LogP contribution is 2.25. The van der Waals surface area contributed by atoms with E-state index in [2.05, 4.69) is 20.2 Å². The quantitative estimate of drug-likeness (QED) is 0.899. The summed E-state index contributed by atoms with van der Waals surface area (Å²) >= 11 is 0. The van der Waals surface area contributed by atoms with Crippen LogP contribution in [0.4, 0.5) is 17.3 Å². The largest absolute Gasteiger partial charge is 0.481 e. The number of hydrogen-bond donors (Lipinski definition) is 2. The molecular weight excluding hydrogens is 304 g/mol. The minimum atomic E-state index is -0.699. The fourth-order valence-electron chi connectivity index (χ4n) is 2.98. The number of carboxylic acids is 1. The van der Waals surface area contributed by atoms with Gasteiger partial charge in [0.1, 0.15) is 17.5 Å². The summed E-state index contributed by atoms with van der Waals surface area (Å²) in [4.78, 5) is 22.2. The highest BCUT2D eigenvalue weighted by molar-refractivity contribution is 5.70. The number of carbonyl (C=O) groups is 1. The first-order chi connectivity index (χ1) is 11.5. The molecule has 1 saturated heterocycles. The van der Waals surface area contributed by atoms with Crippen LogP contribution in [0.5, 0.6) is 0 Å². The molecule has 2 N–H and O–H groups in total. The number of benzene rings is 1. The second-order valence-electron chi connectivity index (χ2n) is 6.20. The Bertz CT molecular complexity index is 740. The van der Waals surface area contributed by atoms with Crippen molar-refractivity contribution in [1.29, 1.82) is 0 Å². The Morgan fingerprint density at radius 2 is 1.92 bits per heavy atom. The lowest BCUT2D eigenvalue weighted by Crippen LogP contribution is -2.36. The van der Waals surface area contributed by atoms with Gasteiger partial charge in [-0.15, -0.1) is 0 Å². The fourth-order valence-corrected chi connectivity index (χ4v) is 2.98. The average Bonchev–Trinajstić information content (AvgIpc) is 2.56. The van der Waals surface area contributed by atoms with E-state index in [1.54, 1.807) is 0 Å². The standard InChI is InChI=1S/C18H22N4O2/c1-12-5-3-4-6-15(12)21-16-11-17(20-13(2)19-16)22-9-7-14(8-10-22)18(23)24/h3-6,11,14H,7-10H2,1-2H3,(H,23,24)(H,19,20,21). The number of aryl methyl sites for hydroxylation is 2. The van der Waals surface area contributed by atoms with Gasteiger partial charge in [-0.1, -0.05) is 18.2 Å². The van der Waals surface area contributed by atoms with Gasteiger partial charge in [0.2, 0.25) is 0 Å². The third-order valence-corrected chi connectivity index (χ3v) is 4.40. The second-order valence-corrected chi connectivity index (χ2v) is 6.20. The van der Waals surface area contributed by atoms with E-state index in [0.717, 1.165) is 22.9 Å². The van der Waals surface area contributed by atoms with Gasteiger partial charge < -0.3 is 15.3 Å². The van der Waals surface area contributed by atoms with Crippen LogP contribution >= 0.6 is 0 Å². The molecule has 0 spiro atoms. The minimum absolute atomic E-state index is 0.242. The van der Waals surface area contributed by atoms with Crippen LogP contribution in [-0.2, 0) is 4.79 Å². The highest BCUT2D eigenvalue weighted by atomic mass is 16.4. The Morgan fingerprint density at radius 3 is 2.58 bits per heavy atom. The normalized spacial score (nSPS) is 15.3. The lowest BCUT2D eigenvalue weighted by atomic mass is 9.97. The van der Waals surface area contributed by atoms with E-state index in [4.69, 9.17) is 5.11 Å². The van der Waals surface area contributed by atoms with Gasteiger partial charge in [0.25, 0.3) is 0 Å². The van der Waals surface area contributed by atoms with Crippen LogP contribution in [0.3, 0.4) is 0 Å². The smallest absolute Gasteiger partial charge is 0.306 e. The van der Waals surface area contributed by atoms with Gasteiger partial charge in [0.05, 0.1) is 5.92 Å². The molecule has 0 atom stereocenters. The monoisotopic (exact) mass is 326 g/mol. The predicted molar refractivity (Wildman–Crippen MR) is 93.8 cm³/mol. The molecule has 3 rings (SSSR count). The summed E-state index contributed by atoms with van der Waals surface area (Å²) in [6.45, 7) is 5.33. The van der Waals surface area contributed by atoms with Crippen molar-refractivity contribution in [2.24, 2.45) is 5.92 Å². The molecule has 6 heteroatoms. The van der Waals surface area contributed by atoms with E-state index in [9.17, 15) is 4.79 Å². The van der Waals surface area contributed by atoms with Crippen molar-refractivity contribution in [1.82, 2.24) is 9.97 Å². The van der Waals surface area contributed by atoms with Gasteiger partial charge >= 0.3 is 5.97 Å². The summed E-state index contributed by atoms with van der Waals surface area (Å²) in [7, 11) is 0. The SMILES string of the molecule is Cc1nc(Nc2ccccc2C)cc(N2CCC(C(=O)O)CC2)n1. The Hall–Kier alpha value is -2.63. The van der Waals surface area contributed by atoms with E-state index in [0.29, 0.717) is 31.8 Å². The van der Waals surface area contributed by atoms with Crippen molar-refractivity contribution in [3.8, 4) is 0 Å². The van der Waals surface area contributed by atoms with Gasteiger partial charge in [0.15, 0.2) is 0 Å². The van der Waals surface area contributed by atoms with Gasteiger partial charge in [-0.2, -0.15) is 0 Å². The topological polar surface area (TPSA) is 78.4 Å². The fraction of sp³-hybridized carbons (Fsp3) is 0.389. The maximum Gasteiger partial charge on any atom is 0.306 e. The molecule has 0 amide bonds. The van der Waals surface area contributed by atoms with Crippen LogP contribution in [0.2, 0.25) is 0 Å². The third-order valence-electron chi connectivity index (χ3n) is 4.40. The summed E-state index contributed by atoms with van der Waals surface area (Å²) in [5.74, 6) is 1.36. The maximum absolute atomic E-state index is 11.1.